The van der Waals surface area contributed by atoms with Crippen LogP contribution in [-0.2, 0) is 19.4 Å². The molecule has 0 unspecified atom stereocenters. The van der Waals surface area contributed by atoms with Gasteiger partial charge in [0.25, 0.3) is 5.91 Å². The summed E-state index contributed by atoms with van der Waals surface area (Å²) >= 11 is 1.76. The number of nitrogens with two attached hydrogens (primary N) is 1. The number of aromatic nitrogens is 1. The molecule has 2 heterocycles. The average molecular weight is 445 g/mol. The summed E-state index contributed by atoms with van der Waals surface area (Å²) in [5, 5.41) is 2.10. The molecule has 0 fully saturated rings. The van der Waals surface area contributed by atoms with Crippen molar-refractivity contribution in [1.29, 1.82) is 0 Å². The van der Waals surface area contributed by atoms with Crippen molar-refractivity contribution in [2.24, 2.45) is 5.73 Å². The van der Waals surface area contributed by atoms with Crippen molar-refractivity contribution >= 4 is 17.2 Å². The smallest absolute Gasteiger partial charge is 0.251 e. The molecule has 0 aliphatic rings. The lowest BCUT2D eigenvalue weighted by molar-refractivity contribution is 0.1000. The van der Waals surface area contributed by atoms with Gasteiger partial charge in [0.1, 0.15) is 11.5 Å². The minimum atomic E-state index is -0.390. The van der Waals surface area contributed by atoms with Crippen LogP contribution in [0.4, 0.5) is 0 Å². The van der Waals surface area contributed by atoms with Gasteiger partial charge in [0.15, 0.2) is 0 Å². The molecule has 2 N–H and O–H groups in total. The normalized spacial score (nSPS) is 10.9. The van der Waals surface area contributed by atoms with Crippen LogP contribution in [0.3, 0.4) is 0 Å². The highest BCUT2D eigenvalue weighted by Gasteiger charge is 2.24. The summed E-state index contributed by atoms with van der Waals surface area (Å²) in [5.41, 5.74) is 10.5. The maximum Gasteiger partial charge on any atom is 0.251 e. The first-order valence-corrected chi connectivity index (χ1v) is 11.8. The fraction of sp³-hybridized carbons (Fsp3) is 0.222. The van der Waals surface area contributed by atoms with Crippen molar-refractivity contribution in [2.75, 3.05) is 0 Å². The van der Waals surface area contributed by atoms with Gasteiger partial charge in [-0.1, -0.05) is 49.7 Å². The van der Waals surface area contributed by atoms with Gasteiger partial charge in [-0.25, -0.2) is 0 Å². The number of carbonyl (C=O) groups is 1. The Morgan fingerprint density at radius 3 is 2.47 bits per heavy atom. The summed E-state index contributed by atoms with van der Waals surface area (Å²) in [6.45, 7) is 4.98. The molecule has 4 nitrogen and oxygen atoms in total. The number of benzene rings is 2. The van der Waals surface area contributed by atoms with E-state index in [9.17, 15) is 4.79 Å². The van der Waals surface area contributed by atoms with Crippen LogP contribution < -0.4 is 10.5 Å². The van der Waals surface area contributed by atoms with E-state index in [1.54, 1.807) is 11.3 Å². The second kappa shape index (κ2) is 9.88. The Labute approximate surface area is 193 Å². The number of primary amides is 1. The lowest BCUT2D eigenvalue weighted by Gasteiger charge is -2.13. The van der Waals surface area contributed by atoms with Gasteiger partial charge in [0.2, 0.25) is 0 Å². The molecule has 2 aromatic heterocycles. The van der Waals surface area contributed by atoms with Gasteiger partial charge >= 0.3 is 0 Å². The molecule has 0 bridgehead atoms. The number of aryl methyl sites for hydroxylation is 1. The van der Waals surface area contributed by atoms with Crippen LogP contribution in [0.2, 0.25) is 0 Å². The maximum atomic E-state index is 12.6. The standard InChI is InChI=1S/C27H28N2O2S/c1-3-9-24-26(20-10-7-13-22(18-20)31-21-11-5-4-6-12-21)25(27(28)30)19(2)29(24)16-15-23-14-8-17-32-23/h4-8,10-14,17-18H,3,9,15-16H2,1-2H3,(H2,28,30). The quantitative estimate of drug-likeness (QED) is 0.316. The highest BCUT2D eigenvalue weighted by atomic mass is 32.1. The Kier molecular flexibility index (Phi) is 6.76. The Hall–Kier alpha value is -3.31. The first-order chi connectivity index (χ1) is 15.6. The molecule has 4 rings (SSSR count). The molecule has 0 saturated carbocycles. The number of hydrogen-bond acceptors (Lipinski definition) is 3. The number of nitrogens with zero attached hydrogens (tertiary/aromatic N) is 1. The van der Waals surface area contributed by atoms with E-state index < -0.39 is 0 Å². The fourth-order valence-electron chi connectivity index (χ4n) is 4.23. The van der Waals surface area contributed by atoms with Crippen LogP contribution in [0.1, 0.15) is 40.0 Å². The van der Waals surface area contributed by atoms with E-state index in [0.29, 0.717) is 5.56 Å². The van der Waals surface area contributed by atoms with Crippen molar-refractivity contribution in [3.8, 4) is 22.6 Å². The fourth-order valence-corrected chi connectivity index (χ4v) is 4.92. The third-order valence-electron chi connectivity index (χ3n) is 5.63. The molecular weight excluding hydrogens is 416 g/mol. The molecule has 0 radical (unpaired) electrons. The SMILES string of the molecule is CCCc1c(-c2cccc(Oc3ccccc3)c2)c(C(N)=O)c(C)n1CCc1cccs1. The van der Waals surface area contributed by atoms with Crippen LogP contribution in [0.5, 0.6) is 11.5 Å². The summed E-state index contributed by atoms with van der Waals surface area (Å²) in [4.78, 5) is 13.9. The summed E-state index contributed by atoms with van der Waals surface area (Å²) in [5.74, 6) is 1.12. The zero-order valence-electron chi connectivity index (χ0n) is 18.5. The number of ether oxygens (including phenoxy) is 1. The zero-order chi connectivity index (χ0) is 22.5. The molecule has 0 aliphatic heterocycles. The third-order valence-corrected chi connectivity index (χ3v) is 6.56. The van der Waals surface area contributed by atoms with E-state index in [-0.39, 0.29) is 5.91 Å². The molecule has 5 heteroatoms. The lowest BCUT2D eigenvalue weighted by atomic mass is 9.98. The van der Waals surface area contributed by atoms with Gasteiger partial charge in [-0.2, -0.15) is 0 Å². The lowest BCUT2D eigenvalue weighted by Crippen LogP contribution is -2.13. The van der Waals surface area contributed by atoms with Crippen molar-refractivity contribution in [3.63, 3.8) is 0 Å². The second-order valence-corrected chi connectivity index (χ2v) is 8.85. The molecule has 2 aromatic carbocycles. The number of carbonyl (C=O) groups excluding carboxylic acids is 1. The topological polar surface area (TPSA) is 57.2 Å². The Morgan fingerprint density at radius 2 is 1.78 bits per heavy atom. The van der Waals surface area contributed by atoms with Crippen LogP contribution in [0, 0.1) is 6.92 Å². The van der Waals surface area contributed by atoms with Crippen molar-refractivity contribution < 1.29 is 9.53 Å². The number of rotatable bonds is 9. The average Bonchev–Trinajstić information content (AvgIpc) is 3.40. The van der Waals surface area contributed by atoms with Crippen LogP contribution >= 0.6 is 11.3 Å². The number of hydrogen-bond donors (Lipinski definition) is 1. The van der Waals surface area contributed by atoms with Gasteiger partial charge in [-0.05, 0) is 61.0 Å². The summed E-state index contributed by atoms with van der Waals surface area (Å²) in [6.07, 6.45) is 2.78. The first kappa shape index (κ1) is 21.9. The highest BCUT2D eigenvalue weighted by Crippen LogP contribution is 2.36. The van der Waals surface area contributed by atoms with Crippen LogP contribution in [-0.4, -0.2) is 10.5 Å². The largest absolute Gasteiger partial charge is 0.457 e. The summed E-state index contributed by atoms with van der Waals surface area (Å²) < 4.78 is 8.33. The molecule has 0 atom stereocenters. The first-order valence-electron chi connectivity index (χ1n) is 11.0. The van der Waals surface area contributed by atoms with E-state index in [1.807, 2.05) is 61.5 Å². The van der Waals surface area contributed by atoms with E-state index in [1.165, 1.54) is 4.88 Å². The van der Waals surface area contributed by atoms with Gasteiger partial charge in [0, 0.05) is 28.4 Å². The van der Waals surface area contributed by atoms with Crippen molar-refractivity contribution in [3.05, 3.63) is 93.9 Å². The van der Waals surface area contributed by atoms with E-state index >= 15 is 0 Å². The Bertz CT molecular complexity index is 1190. The van der Waals surface area contributed by atoms with Crippen LogP contribution in [0.25, 0.3) is 11.1 Å². The molecule has 1 amide bonds. The Morgan fingerprint density at radius 1 is 1.00 bits per heavy atom. The van der Waals surface area contributed by atoms with Crippen molar-refractivity contribution in [2.45, 2.75) is 39.7 Å². The van der Waals surface area contributed by atoms with Gasteiger partial charge in [0.05, 0.1) is 5.56 Å². The van der Waals surface area contributed by atoms with Gasteiger partial charge < -0.3 is 15.0 Å². The Balaban J connectivity index is 1.77. The minimum absolute atomic E-state index is 0.390. The minimum Gasteiger partial charge on any atom is -0.457 e. The van der Waals surface area contributed by atoms with E-state index in [4.69, 9.17) is 10.5 Å². The number of para-hydroxylation sites is 1. The predicted molar refractivity (Wildman–Crippen MR) is 132 cm³/mol. The summed E-state index contributed by atoms with van der Waals surface area (Å²) in [6, 6.07) is 21.9. The predicted octanol–water partition coefficient (Wildman–Crippen LogP) is 6.61. The van der Waals surface area contributed by atoms with Crippen LogP contribution in [0.15, 0.2) is 72.1 Å². The van der Waals surface area contributed by atoms with Gasteiger partial charge in [-0.15, -0.1) is 11.3 Å². The zero-order valence-corrected chi connectivity index (χ0v) is 19.3. The van der Waals surface area contributed by atoms with Gasteiger partial charge in [-0.3, -0.25) is 4.79 Å². The molecule has 4 aromatic rings. The van der Waals surface area contributed by atoms with Crippen molar-refractivity contribution in [1.82, 2.24) is 4.57 Å². The number of thiophene rings is 1. The number of amides is 1. The summed E-state index contributed by atoms with van der Waals surface area (Å²) in [7, 11) is 0. The monoisotopic (exact) mass is 444 g/mol. The molecule has 32 heavy (non-hydrogen) atoms. The molecule has 0 spiro atoms. The molecular formula is C27H28N2O2S. The molecule has 0 saturated heterocycles. The van der Waals surface area contributed by atoms with E-state index in [0.717, 1.165) is 59.8 Å². The maximum absolute atomic E-state index is 12.6. The third kappa shape index (κ3) is 4.63. The van der Waals surface area contributed by atoms with E-state index in [2.05, 4.69) is 29.0 Å². The molecule has 0 aliphatic carbocycles. The highest BCUT2D eigenvalue weighted by molar-refractivity contribution is 7.09. The second-order valence-electron chi connectivity index (χ2n) is 7.82. The molecule has 164 valence electrons.